The zero-order chi connectivity index (χ0) is 22.7. The summed E-state index contributed by atoms with van der Waals surface area (Å²) in [5, 5.41) is 12.8. The second kappa shape index (κ2) is 9.63. The molecule has 4 rings (SSSR count). The SMILES string of the molecule is O=C(N[C@@H](CCc1cccc(Cl)c1Cl)C(=O)O)OCC1c2ccccc2-c2ccccc21. The van der Waals surface area contributed by atoms with Crippen molar-refractivity contribution in [3.63, 3.8) is 0 Å². The van der Waals surface area contributed by atoms with Gasteiger partial charge in [0.2, 0.25) is 0 Å². The van der Waals surface area contributed by atoms with Crippen LogP contribution in [0.1, 0.15) is 29.0 Å². The van der Waals surface area contributed by atoms with Gasteiger partial charge in [-0.1, -0.05) is 83.9 Å². The van der Waals surface area contributed by atoms with Gasteiger partial charge in [-0.3, -0.25) is 0 Å². The summed E-state index contributed by atoms with van der Waals surface area (Å²) in [7, 11) is 0. The highest BCUT2D eigenvalue weighted by molar-refractivity contribution is 6.42. The van der Waals surface area contributed by atoms with Crippen molar-refractivity contribution in [2.45, 2.75) is 24.8 Å². The Hall–Kier alpha value is -3.02. The van der Waals surface area contributed by atoms with E-state index >= 15 is 0 Å². The van der Waals surface area contributed by atoms with Crippen molar-refractivity contribution in [1.29, 1.82) is 0 Å². The van der Waals surface area contributed by atoms with Gasteiger partial charge in [0, 0.05) is 5.92 Å². The Balaban J connectivity index is 1.39. The van der Waals surface area contributed by atoms with Gasteiger partial charge in [-0.05, 0) is 46.7 Å². The normalized spacial score (nSPS) is 13.2. The third kappa shape index (κ3) is 4.59. The number of hydrogen-bond acceptors (Lipinski definition) is 3. The molecule has 3 aromatic rings. The van der Waals surface area contributed by atoms with E-state index in [-0.39, 0.29) is 18.9 Å². The molecule has 0 aromatic heterocycles. The molecule has 0 bridgehead atoms. The lowest BCUT2D eigenvalue weighted by molar-refractivity contribution is -0.139. The van der Waals surface area contributed by atoms with Crippen LogP contribution in [-0.4, -0.2) is 29.8 Å². The van der Waals surface area contributed by atoms with Crippen LogP contribution in [-0.2, 0) is 16.0 Å². The predicted octanol–water partition coefficient (Wildman–Crippen LogP) is 5.92. The minimum Gasteiger partial charge on any atom is -0.480 e. The molecule has 164 valence electrons. The lowest BCUT2D eigenvalue weighted by atomic mass is 9.98. The molecule has 0 saturated carbocycles. The lowest BCUT2D eigenvalue weighted by Gasteiger charge is -2.18. The topological polar surface area (TPSA) is 75.6 Å². The predicted molar refractivity (Wildman–Crippen MR) is 124 cm³/mol. The van der Waals surface area contributed by atoms with E-state index in [9.17, 15) is 14.7 Å². The van der Waals surface area contributed by atoms with Crippen molar-refractivity contribution in [3.8, 4) is 11.1 Å². The number of aliphatic carboxylic acids is 1. The number of carboxylic acid groups (broad SMARTS) is 1. The third-order valence-corrected chi connectivity index (χ3v) is 6.53. The molecule has 0 saturated heterocycles. The fourth-order valence-electron chi connectivity index (χ4n) is 4.08. The Morgan fingerprint density at radius 3 is 2.19 bits per heavy atom. The summed E-state index contributed by atoms with van der Waals surface area (Å²) in [5.74, 6) is -1.24. The zero-order valence-electron chi connectivity index (χ0n) is 17.1. The molecule has 1 aliphatic carbocycles. The van der Waals surface area contributed by atoms with Gasteiger partial charge in [-0.15, -0.1) is 0 Å². The number of nitrogens with one attached hydrogen (secondary N) is 1. The molecule has 0 spiro atoms. The van der Waals surface area contributed by atoms with E-state index in [0.29, 0.717) is 16.5 Å². The Morgan fingerprint density at radius 2 is 1.56 bits per heavy atom. The molecule has 32 heavy (non-hydrogen) atoms. The van der Waals surface area contributed by atoms with Crippen LogP contribution in [0.3, 0.4) is 0 Å². The first kappa shape index (κ1) is 22.2. The van der Waals surface area contributed by atoms with E-state index in [1.54, 1.807) is 18.2 Å². The molecular weight excluding hydrogens is 449 g/mol. The van der Waals surface area contributed by atoms with Gasteiger partial charge in [0.15, 0.2) is 0 Å². The Kier molecular flexibility index (Phi) is 6.68. The number of halogens is 2. The highest BCUT2D eigenvalue weighted by Gasteiger charge is 2.29. The van der Waals surface area contributed by atoms with E-state index in [1.807, 2.05) is 36.4 Å². The molecule has 2 N–H and O–H groups in total. The maximum Gasteiger partial charge on any atom is 0.407 e. The molecule has 1 atom stereocenters. The minimum absolute atomic E-state index is 0.0957. The molecule has 3 aromatic carbocycles. The van der Waals surface area contributed by atoms with Crippen LogP contribution >= 0.6 is 23.2 Å². The number of ether oxygens (including phenoxy) is 1. The van der Waals surface area contributed by atoms with Crippen LogP contribution in [0.2, 0.25) is 10.0 Å². The standard InChI is InChI=1S/C25H21Cl2NO4/c26-21-11-5-6-15(23(21)27)12-13-22(24(29)30)28-25(31)32-14-20-18-9-3-1-7-16(18)17-8-2-4-10-19(17)20/h1-11,20,22H,12-14H2,(H,28,31)(H,29,30)/t22-/m0/s1. The highest BCUT2D eigenvalue weighted by atomic mass is 35.5. The second-order valence-electron chi connectivity index (χ2n) is 7.61. The van der Waals surface area contributed by atoms with E-state index in [0.717, 1.165) is 27.8 Å². The number of benzene rings is 3. The van der Waals surface area contributed by atoms with E-state index in [1.165, 1.54) is 0 Å². The van der Waals surface area contributed by atoms with Gasteiger partial charge < -0.3 is 15.2 Å². The first-order valence-electron chi connectivity index (χ1n) is 10.2. The van der Waals surface area contributed by atoms with Crippen LogP contribution in [0.5, 0.6) is 0 Å². The van der Waals surface area contributed by atoms with Gasteiger partial charge in [0.25, 0.3) is 0 Å². The van der Waals surface area contributed by atoms with Crippen molar-refractivity contribution in [3.05, 3.63) is 93.5 Å². The molecule has 0 fully saturated rings. The van der Waals surface area contributed by atoms with E-state index in [2.05, 4.69) is 17.4 Å². The number of hydrogen-bond donors (Lipinski definition) is 2. The first-order valence-corrected chi connectivity index (χ1v) is 11.0. The summed E-state index contributed by atoms with van der Waals surface area (Å²) < 4.78 is 5.45. The van der Waals surface area contributed by atoms with Crippen LogP contribution < -0.4 is 5.32 Å². The molecular formula is C25H21Cl2NO4. The summed E-state index contributed by atoms with van der Waals surface area (Å²) in [4.78, 5) is 24.1. The number of carbonyl (C=O) groups is 2. The highest BCUT2D eigenvalue weighted by Crippen LogP contribution is 2.44. The van der Waals surface area contributed by atoms with E-state index in [4.69, 9.17) is 27.9 Å². The van der Waals surface area contributed by atoms with Gasteiger partial charge in [0.05, 0.1) is 10.0 Å². The van der Waals surface area contributed by atoms with Crippen molar-refractivity contribution < 1.29 is 19.4 Å². The Bertz CT molecular complexity index is 1120. The Morgan fingerprint density at radius 1 is 0.938 bits per heavy atom. The minimum atomic E-state index is -1.14. The smallest absolute Gasteiger partial charge is 0.407 e. The number of carbonyl (C=O) groups excluding carboxylic acids is 1. The van der Waals surface area contributed by atoms with Crippen LogP contribution in [0.15, 0.2) is 66.7 Å². The Labute approximate surface area is 195 Å². The maximum absolute atomic E-state index is 12.4. The number of fused-ring (bicyclic) bond motifs is 3. The monoisotopic (exact) mass is 469 g/mol. The summed E-state index contributed by atoms with van der Waals surface area (Å²) >= 11 is 12.2. The van der Waals surface area contributed by atoms with Crippen LogP contribution in [0.25, 0.3) is 11.1 Å². The average molecular weight is 470 g/mol. The first-order chi connectivity index (χ1) is 15.5. The fourth-order valence-corrected chi connectivity index (χ4v) is 4.50. The largest absolute Gasteiger partial charge is 0.480 e. The quantitative estimate of drug-likeness (QED) is 0.450. The zero-order valence-corrected chi connectivity index (χ0v) is 18.6. The number of alkyl carbamates (subject to hydrolysis) is 1. The number of carboxylic acids is 1. The van der Waals surface area contributed by atoms with Crippen LogP contribution in [0.4, 0.5) is 4.79 Å². The number of aryl methyl sites for hydroxylation is 1. The number of rotatable bonds is 7. The van der Waals surface area contributed by atoms with Crippen LogP contribution in [0, 0.1) is 0 Å². The molecule has 0 unspecified atom stereocenters. The second-order valence-corrected chi connectivity index (χ2v) is 8.40. The van der Waals surface area contributed by atoms with E-state index < -0.39 is 18.1 Å². The summed E-state index contributed by atoms with van der Waals surface area (Å²) in [5.41, 5.74) is 5.15. The molecule has 0 aliphatic heterocycles. The molecule has 5 nitrogen and oxygen atoms in total. The van der Waals surface area contributed by atoms with Crippen molar-refractivity contribution >= 4 is 35.3 Å². The molecule has 0 heterocycles. The molecule has 1 amide bonds. The van der Waals surface area contributed by atoms with Gasteiger partial charge in [0.1, 0.15) is 12.6 Å². The van der Waals surface area contributed by atoms with Gasteiger partial charge >= 0.3 is 12.1 Å². The number of amides is 1. The third-order valence-electron chi connectivity index (χ3n) is 5.67. The maximum atomic E-state index is 12.4. The summed E-state index contributed by atoms with van der Waals surface area (Å²) in [6.45, 7) is 0.117. The fraction of sp³-hybridized carbons (Fsp3) is 0.200. The summed E-state index contributed by atoms with van der Waals surface area (Å²) in [6.07, 6.45) is -0.268. The van der Waals surface area contributed by atoms with Gasteiger partial charge in [-0.2, -0.15) is 0 Å². The van der Waals surface area contributed by atoms with Crippen molar-refractivity contribution in [2.24, 2.45) is 0 Å². The summed E-state index contributed by atoms with van der Waals surface area (Å²) in [6, 6.07) is 20.1. The molecule has 1 aliphatic rings. The van der Waals surface area contributed by atoms with Crippen molar-refractivity contribution in [1.82, 2.24) is 5.32 Å². The van der Waals surface area contributed by atoms with Crippen molar-refractivity contribution in [2.75, 3.05) is 6.61 Å². The average Bonchev–Trinajstić information content (AvgIpc) is 3.11. The van der Waals surface area contributed by atoms with Gasteiger partial charge in [-0.25, -0.2) is 9.59 Å². The molecule has 0 radical (unpaired) electrons. The lowest BCUT2D eigenvalue weighted by Crippen LogP contribution is -2.41. The molecule has 7 heteroatoms.